The largest absolute Gasteiger partial charge is 0.496 e. The average Bonchev–Trinajstić information content (AvgIpc) is 2.49. The van der Waals surface area contributed by atoms with E-state index in [9.17, 15) is 5.11 Å². The van der Waals surface area contributed by atoms with Gasteiger partial charge in [0.1, 0.15) is 11.9 Å². The highest BCUT2D eigenvalue weighted by molar-refractivity contribution is 5.40. The summed E-state index contributed by atoms with van der Waals surface area (Å²) in [5.41, 5.74) is 1.33. The quantitative estimate of drug-likeness (QED) is 0.819. The molecule has 19 heavy (non-hydrogen) atoms. The van der Waals surface area contributed by atoms with Gasteiger partial charge in [-0.1, -0.05) is 44.7 Å². The average molecular weight is 261 g/mol. The van der Waals surface area contributed by atoms with Crippen LogP contribution in [0.15, 0.2) is 54.9 Å². The van der Waals surface area contributed by atoms with Crippen molar-refractivity contribution in [1.82, 2.24) is 4.98 Å². The van der Waals surface area contributed by atoms with Gasteiger partial charge in [-0.15, -0.1) is 0 Å². The second kappa shape index (κ2) is 10.1. The number of methoxy groups -OCH3 is 1. The van der Waals surface area contributed by atoms with Gasteiger partial charge in [-0.05, 0) is 18.6 Å². The van der Waals surface area contributed by atoms with Crippen LogP contribution in [-0.2, 0) is 0 Å². The molecule has 0 amide bonds. The number of aromatic nitrogens is 1. The Morgan fingerprint density at radius 3 is 2.68 bits per heavy atom. The Balaban J connectivity index is 0.00000154. The molecule has 3 nitrogen and oxygen atoms in total. The van der Waals surface area contributed by atoms with Crippen molar-refractivity contribution in [2.75, 3.05) is 7.11 Å². The maximum atomic E-state index is 10.2. The van der Waals surface area contributed by atoms with Crippen LogP contribution in [0.3, 0.4) is 0 Å². The maximum absolute atomic E-state index is 10.2. The van der Waals surface area contributed by atoms with Crippen LogP contribution in [-0.4, -0.2) is 17.2 Å². The van der Waals surface area contributed by atoms with Gasteiger partial charge in [0.15, 0.2) is 0 Å². The van der Waals surface area contributed by atoms with Crippen LogP contribution in [0.25, 0.3) is 0 Å². The van der Waals surface area contributed by atoms with E-state index in [1.165, 1.54) is 0 Å². The number of hydrogen-bond donors (Lipinski definition) is 1. The summed E-state index contributed by atoms with van der Waals surface area (Å²) in [7, 11) is 1.56. The fraction of sp³-hybridized carbons (Fsp3) is 0.312. The van der Waals surface area contributed by atoms with E-state index >= 15 is 0 Å². The van der Waals surface area contributed by atoms with Crippen molar-refractivity contribution in [3.05, 3.63) is 60.5 Å². The molecular weight excluding hydrogens is 238 g/mol. The summed E-state index contributed by atoms with van der Waals surface area (Å²) in [5, 5.41) is 10.2. The summed E-state index contributed by atoms with van der Waals surface area (Å²) in [6.45, 7) is 9.60. The summed E-state index contributed by atoms with van der Waals surface area (Å²) < 4.78 is 5.19. The highest BCUT2D eigenvalue weighted by atomic mass is 16.5. The SMILES string of the molecule is C=C/C(=C\C=C/C)C(O)c1cnccc1OC.CC. The van der Waals surface area contributed by atoms with Gasteiger partial charge in [0.25, 0.3) is 0 Å². The fourth-order valence-corrected chi connectivity index (χ4v) is 1.44. The third-order valence-corrected chi connectivity index (χ3v) is 2.36. The first-order chi connectivity index (χ1) is 9.24. The molecule has 0 fully saturated rings. The van der Waals surface area contributed by atoms with Gasteiger partial charge in [-0.25, -0.2) is 0 Å². The van der Waals surface area contributed by atoms with Gasteiger partial charge in [-0.2, -0.15) is 0 Å². The highest BCUT2D eigenvalue weighted by Crippen LogP contribution is 2.29. The maximum Gasteiger partial charge on any atom is 0.128 e. The fourth-order valence-electron chi connectivity index (χ4n) is 1.44. The molecule has 1 aromatic heterocycles. The second-order valence-corrected chi connectivity index (χ2v) is 3.42. The van der Waals surface area contributed by atoms with Crippen molar-refractivity contribution in [2.24, 2.45) is 0 Å². The van der Waals surface area contributed by atoms with E-state index in [1.54, 1.807) is 31.6 Å². The normalized spacial score (nSPS) is 12.6. The van der Waals surface area contributed by atoms with Crippen LogP contribution in [0.1, 0.15) is 32.4 Å². The van der Waals surface area contributed by atoms with Gasteiger partial charge in [0, 0.05) is 18.0 Å². The van der Waals surface area contributed by atoms with Gasteiger partial charge in [0.2, 0.25) is 0 Å². The first-order valence-electron chi connectivity index (χ1n) is 6.35. The van der Waals surface area contributed by atoms with Crippen molar-refractivity contribution >= 4 is 0 Å². The molecule has 0 bridgehead atoms. The lowest BCUT2D eigenvalue weighted by Gasteiger charge is -2.14. The molecule has 0 aliphatic carbocycles. The summed E-state index contributed by atoms with van der Waals surface area (Å²) in [6.07, 6.45) is 9.60. The third kappa shape index (κ3) is 5.10. The first-order valence-corrected chi connectivity index (χ1v) is 6.35. The predicted molar refractivity (Wildman–Crippen MR) is 80.2 cm³/mol. The minimum absolute atomic E-state index is 0.612. The molecule has 0 aliphatic heterocycles. The van der Waals surface area contributed by atoms with Crippen LogP contribution in [0.5, 0.6) is 5.75 Å². The van der Waals surface area contributed by atoms with Gasteiger partial charge in [0.05, 0.1) is 7.11 Å². The molecule has 1 atom stereocenters. The van der Waals surface area contributed by atoms with E-state index in [1.807, 2.05) is 39.0 Å². The Bertz CT molecular complexity index is 436. The predicted octanol–water partition coefficient (Wildman–Crippen LogP) is 3.84. The Hall–Kier alpha value is -1.87. The smallest absolute Gasteiger partial charge is 0.128 e. The molecule has 0 saturated heterocycles. The standard InChI is InChI=1S/C14H17NO2.C2H6/c1-4-6-7-11(5-2)14(16)12-10-15-9-8-13(12)17-3;1-2/h4-10,14,16H,2H2,1,3H3;1-2H3/b6-4-,11-7+;. The van der Waals surface area contributed by atoms with Crippen molar-refractivity contribution in [3.63, 3.8) is 0 Å². The van der Waals surface area contributed by atoms with E-state index < -0.39 is 6.10 Å². The summed E-state index contributed by atoms with van der Waals surface area (Å²) in [4.78, 5) is 3.99. The number of aliphatic hydroxyl groups is 1. The van der Waals surface area contributed by atoms with Crippen LogP contribution >= 0.6 is 0 Å². The zero-order valence-corrected chi connectivity index (χ0v) is 12.1. The van der Waals surface area contributed by atoms with Gasteiger partial charge in [-0.3, -0.25) is 4.98 Å². The molecule has 1 rings (SSSR count). The lowest BCUT2D eigenvalue weighted by molar-refractivity contribution is 0.213. The molecule has 3 heteroatoms. The second-order valence-electron chi connectivity index (χ2n) is 3.42. The molecule has 0 spiro atoms. The summed E-state index contributed by atoms with van der Waals surface area (Å²) >= 11 is 0. The summed E-state index contributed by atoms with van der Waals surface area (Å²) in [5.74, 6) is 0.612. The molecular formula is C16H23NO2. The Morgan fingerprint density at radius 1 is 1.47 bits per heavy atom. The number of nitrogens with zero attached hydrogens (tertiary/aromatic N) is 1. The Morgan fingerprint density at radius 2 is 2.16 bits per heavy atom. The minimum Gasteiger partial charge on any atom is -0.496 e. The van der Waals surface area contributed by atoms with Crippen LogP contribution in [0.2, 0.25) is 0 Å². The molecule has 1 aromatic rings. The first kappa shape index (κ1) is 17.1. The molecule has 0 saturated carbocycles. The molecule has 0 radical (unpaired) electrons. The van der Waals surface area contributed by atoms with Crippen LogP contribution in [0, 0.1) is 0 Å². The molecule has 0 aliphatic rings. The number of pyridine rings is 1. The molecule has 1 N–H and O–H groups in total. The zero-order chi connectivity index (χ0) is 14.7. The minimum atomic E-state index is -0.785. The number of allylic oxidation sites excluding steroid dienone is 3. The topological polar surface area (TPSA) is 42.4 Å². The van der Waals surface area contributed by atoms with Crippen molar-refractivity contribution in [2.45, 2.75) is 26.9 Å². The van der Waals surface area contributed by atoms with Crippen molar-refractivity contribution in [3.8, 4) is 5.75 Å². The highest BCUT2D eigenvalue weighted by Gasteiger charge is 2.15. The van der Waals surface area contributed by atoms with E-state index in [2.05, 4.69) is 11.6 Å². The zero-order valence-electron chi connectivity index (χ0n) is 12.1. The Kier molecular flexibility index (Phi) is 9.10. The molecule has 1 heterocycles. The number of aliphatic hydroxyl groups excluding tert-OH is 1. The Labute approximate surface area is 116 Å². The lowest BCUT2D eigenvalue weighted by atomic mass is 10.0. The number of ether oxygens (including phenoxy) is 1. The van der Waals surface area contributed by atoms with E-state index in [-0.39, 0.29) is 0 Å². The third-order valence-electron chi connectivity index (χ3n) is 2.36. The molecule has 1 unspecified atom stereocenters. The molecule has 0 aromatic carbocycles. The van der Waals surface area contributed by atoms with E-state index in [0.717, 1.165) is 0 Å². The van der Waals surface area contributed by atoms with Gasteiger partial charge >= 0.3 is 0 Å². The number of hydrogen-bond acceptors (Lipinski definition) is 3. The van der Waals surface area contributed by atoms with Gasteiger partial charge < -0.3 is 9.84 Å². The van der Waals surface area contributed by atoms with Crippen molar-refractivity contribution in [1.29, 1.82) is 0 Å². The molecule has 104 valence electrons. The van der Waals surface area contributed by atoms with E-state index in [4.69, 9.17) is 4.74 Å². The summed E-state index contributed by atoms with van der Waals surface area (Å²) in [6, 6.07) is 1.72. The van der Waals surface area contributed by atoms with Crippen LogP contribution in [0.4, 0.5) is 0 Å². The van der Waals surface area contributed by atoms with Crippen LogP contribution < -0.4 is 4.74 Å². The van der Waals surface area contributed by atoms with E-state index in [0.29, 0.717) is 16.9 Å². The lowest BCUT2D eigenvalue weighted by Crippen LogP contribution is -2.03. The number of rotatable bonds is 5. The van der Waals surface area contributed by atoms with Crippen molar-refractivity contribution < 1.29 is 9.84 Å². The monoisotopic (exact) mass is 261 g/mol.